The van der Waals surface area contributed by atoms with Gasteiger partial charge in [-0.15, -0.1) is 0 Å². The Hall–Kier alpha value is -4.12. The van der Waals surface area contributed by atoms with Gasteiger partial charge in [-0.05, 0) is 84.9 Å². The maximum atomic E-state index is 5.98. The van der Waals surface area contributed by atoms with Crippen LogP contribution in [-0.2, 0) is 0 Å². The van der Waals surface area contributed by atoms with Gasteiger partial charge in [0.2, 0.25) is 0 Å². The van der Waals surface area contributed by atoms with Crippen molar-refractivity contribution in [2.45, 2.75) is 0 Å². The third-order valence-corrected chi connectivity index (χ3v) is 4.77. The van der Waals surface area contributed by atoms with Gasteiger partial charge in [0, 0.05) is 33.2 Å². The van der Waals surface area contributed by atoms with E-state index >= 15 is 0 Å². The van der Waals surface area contributed by atoms with Crippen molar-refractivity contribution in [1.82, 2.24) is 4.98 Å². The fourth-order valence-electron chi connectivity index (χ4n) is 3.33. The van der Waals surface area contributed by atoms with E-state index in [1.165, 1.54) is 0 Å². The van der Waals surface area contributed by atoms with Crippen LogP contribution in [0.15, 0.2) is 84.9 Å². The van der Waals surface area contributed by atoms with Gasteiger partial charge >= 0.3 is 0 Å². The second kappa shape index (κ2) is 6.80. The first kappa shape index (κ1) is 17.0. The van der Waals surface area contributed by atoms with Crippen molar-refractivity contribution in [1.29, 1.82) is 0 Å². The molecule has 5 aromatic rings. The van der Waals surface area contributed by atoms with E-state index in [1.54, 1.807) is 0 Å². The maximum absolute atomic E-state index is 5.98. The van der Waals surface area contributed by atoms with Crippen LogP contribution >= 0.6 is 0 Å². The molecule has 0 unspecified atom stereocenters. The molecule has 0 bridgehead atoms. The number of nitrogens with one attached hydrogen (secondary N) is 1. The summed E-state index contributed by atoms with van der Waals surface area (Å²) in [5.74, 6) is 3.00. The molecule has 5 heteroatoms. The van der Waals surface area contributed by atoms with Gasteiger partial charge in [-0.3, -0.25) is 0 Å². The summed E-state index contributed by atoms with van der Waals surface area (Å²) in [6, 6.07) is 26.7. The Morgan fingerprint density at radius 2 is 0.862 bits per heavy atom. The summed E-state index contributed by atoms with van der Waals surface area (Å²) in [7, 11) is 0. The number of nitrogen functional groups attached to an aromatic ring is 2. The zero-order chi connectivity index (χ0) is 19.8. The number of H-pyrrole nitrogens is 1. The average Bonchev–Trinajstić information content (AvgIpc) is 3.09. The summed E-state index contributed by atoms with van der Waals surface area (Å²) in [6.45, 7) is 0. The Morgan fingerprint density at radius 3 is 1.28 bits per heavy atom. The predicted octanol–water partition coefficient (Wildman–Crippen LogP) is 6.07. The zero-order valence-corrected chi connectivity index (χ0v) is 15.6. The van der Waals surface area contributed by atoms with Crippen molar-refractivity contribution in [3.63, 3.8) is 0 Å². The van der Waals surface area contributed by atoms with Crippen molar-refractivity contribution in [3.05, 3.63) is 84.9 Å². The molecule has 0 fully saturated rings. The lowest BCUT2D eigenvalue weighted by Gasteiger charge is -2.07. The van der Waals surface area contributed by atoms with Gasteiger partial charge in [-0.1, -0.05) is 0 Å². The lowest BCUT2D eigenvalue weighted by molar-refractivity contribution is 0.483. The van der Waals surface area contributed by atoms with Gasteiger partial charge < -0.3 is 25.9 Å². The quantitative estimate of drug-likeness (QED) is 0.330. The Bertz CT molecular complexity index is 1200. The number of ether oxygens (including phenoxy) is 2. The molecule has 0 aliphatic carbocycles. The normalized spacial score (nSPS) is 11.0. The number of benzene rings is 4. The number of aromatic amines is 1. The minimum atomic E-state index is 0.707. The predicted molar refractivity (Wildman–Crippen MR) is 118 cm³/mol. The highest BCUT2D eigenvalue weighted by molar-refractivity contribution is 6.08. The van der Waals surface area contributed by atoms with Crippen LogP contribution in [0.1, 0.15) is 0 Å². The third kappa shape index (κ3) is 3.41. The minimum Gasteiger partial charge on any atom is -0.457 e. The van der Waals surface area contributed by atoms with E-state index in [4.69, 9.17) is 20.9 Å². The van der Waals surface area contributed by atoms with Crippen LogP contribution in [0.2, 0.25) is 0 Å². The fourth-order valence-corrected chi connectivity index (χ4v) is 3.33. The van der Waals surface area contributed by atoms with Gasteiger partial charge in [0.25, 0.3) is 0 Å². The number of hydrogen-bond donors (Lipinski definition) is 3. The number of fused-ring (bicyclic) bond motifs is 3. The first-order chi connectivity index (χ1) is 14.1. The van der Waals surface area contributed by atoms with Crippen LogP contribution in [0.3, 0.4) is 0 Å². The minimum absolute atomic E-state index is 0.707. The molecule has 0 atom stereocenters. The van der Waals surface area contributed by atoms with E-state index in [9.17, 15) is 0 Å². The smallest absolute Gasteiger partial charge is 0.128 e. The highest BCUT2D eigenvalue weighted by Crippen LogP contribution is 2.34. The van der Waals surface area contributed by atoms with E-state index in [-0.39, 0.29) is 0 Å². The van der Waals surface area contributed by atoms with E-state index < -0.39 is 0 Å². The highest BCUT2D eigenvalue weighted by Gasteiger charge is 2.08. The second-order valence-corrected chi connectivity index (χ2v) is 6.88. The largest absolute Gasteiger partial charge is 0.457 e. The third-order valence-electron chi connectivity index (χ3n) is 4.77. The topological polar surface area (TPSA) is 86.3 Å². The Morgan fingerprint density at radius 1 is 0.483 bits per heavy atom. The van der Waals surface area contributed by atoms with E-state index in [0.717, 1.165) is 44.8 Å². The molecule has 5 nitrogen and oxygen atoms in total. The number of anilines is 2. The monoisotopic (exact) mass is 381 g/mol. The molecule has 0 aliphatic heterocycles. The van der Waals surface area contributed by atoms with Gasteiger partial charge in [0.15, 0.2) is 0 Å². The van der Waals surface area contributed by atoms with Crippen molar-refractivity contribution < 1.29 is 9.47 Å². The first-order valence-electron chi connectivity index (χ1n) is 9.26. The summed E-state index contributed by atoms with van der Waals surface area (Å²) in [5, 5.41) is 2.13. The summed E-state index contributed by atoms with van der Waals surface area (Å²) in [6.07, 6.45) is 0. The van der Waals surface area contributed by atoms with Crippen LogP contribution in [0.4, 0.5) is 11.4 Å². The lowest BCUT2D eigenvalue weighted by Crippen LogP contribution is -1.87. The molecule has 4 aromatic carbocycles. The van der Waals surface area contributed by atoms with Gasteiger partial charge in [-0.2, -0.15) is 0 Å². The molecule has 0 saturated heterocycles. The highest BCUT2D eigenvalue weighted by atomic mass is 16.5. The SMILES string of the molecule is Nc1ccc(Oc2ccc3[nH]c4ccc(Oc5ccc(N)cc5)cc4c3c2)cc1. The molecule has 0 spiro atoms. The Labute approximate surface area is 167 Å². The molecule has 5 N–H and O–H groups in total. The van der Waals surface area contributed by atoms with Crippen molar-refractivity contribution in [3.8, 4) is 23.0 Å². The molecule has 0 saturated carbocycles. The molecule has 29 heavy (non-hydrogen) atoms. The van der Waals surface area contributed by atoms with Gasteiger partial charge in [-0.25, -0.2) is 0 Å². The van der Waals surface area contributed by atoms with Crippen molar-refractivity contribution in [2.75, 3.05) is 11.5 Å². The summed E-state index contributed by atoms with van der Waals surface area (Å²) >= 11 is 0. The van der Waals surface area contributed by atoms with Crippen molar-refractivity contribution >= 4 is 33.2 Å². The maximum Gasteiger partial charge on any atom is 0.128 e. The first-order valence-corrected chi connectivity index (χ1v) is 9.26. The van der Waals surface area contributed by atoms with Crippen LogP contribution < -0.4 is 20.9 Å². The number of aromatic nitrogens is 1. The number of rotatable bonds is 4. The van der Waals surface area contributed by atoms with Gasteiger partial charge in [0.1, 0.15) is 23.0 Å². The molecule has 1 aromatic heterocycles. The Kier molecular flexibility index (Phi) is 3.99. The lowest BCUT2D eigenvalue weighted by atomic mass is 10.1. The van der Waals surface area contributed by atoms with E-state index in [1.807, 2.05) is 84.9 Å². The second-order valence-electron chi connectivity index (χ2n) is 6.88. The summed E-state index contributed by atoms with van der Waals surface area (Å²) < 4.78 is 12.0. The zero-order valence-electron chi connectivity index (χ0n) is 15.6. The van der Waals surface area contributed by atoms with Crippen molar-refractivity contribution in [2.24, 2.45) is 0 Å². The summed E-state index contributed by atoms with van der Waals surface area (Å²) in [5.41, 5.74) is 15.0. The van der Waals surface area contributed by atoms with E-state index in [0.29, 0.717) is 11.4 Å². The molecular weight excluding hydrogens is 362 g/mol. The van der Waals surface area contributed by atoms with Gasteiger partial charge in [0.05, 0.1) is 0 Å². The number of nitrogens with two attached hydrogens (primary N) is 2. The number of hydrogen-bond acceptors (Lipinski definition) is 4. The molecule has 142 valence electrons. The molecular formula is C24H19N3O2. The Balaban J connectivity index is 1.50. The van der Waals surface area contributed by atoms with Crippen LogP contribution in [0.25, 0.3) is 21.8 Å². The van der Waals surface area contributed by atoms with Crippen LogP contribution in [0, 0.1) is 0 Å². The van der Waals surface area contributed by atoms with E-state index in [2.05, 4.69) is 4.98 Å². The van der Waals surface area contributed by atoms with Crippen LogP contribution in [-0.4, -0.2) is 4.98 Å². The van der Waals surface area contributed by atoms with Crippen LogP contribution in [0.5, 0.6) is 23.0 Å². The molecule has 1 heterocycles. The molecule has 0 amide bonds. The molecule has 5 rings (SSSR count). The average molecular weight is 381 g/mol. The summed E-state index contributed by atoms with van der Waals surface area (Å²) in [4.78, 5) is 3.43. The molecule has 0 radical (unpaired) electrons. The molecule has 0 aliphatic rings. The standard InChI is InChI=1S/C24H19N3O2/c25-15-1-5-17(6-2-15)28-19-9-11-23-21(13-19)22-14-20(10-12-24(22)27-23)29-18-7-3-16(26)4-8-18/h1-14,27H,25-26H2. The fraction of sp³-hybridized carbons (Fsp3) is 0.